The molecule has 0 radical (unpaired) electrons. The maximum Gasteiger partial charge on any atom is 0.330 e. The third-order valence-corrected chi connectivity index (χ3v) is 2.76. The Morgan fingerprint density at radius 1 is 1.50 bits per heavy atom. The number of hydrogen-bond donors (Lipinski definition) is 0. The number of ether oxygens (including phenoxy) is 1. The average Bonchev–Trinajstić information content (AvgIpc) is 2.72. The highest BCUT2D eigenvalue weighted by atomic mass is 16.5. The molecule has 0 saturated heterocycles. The molecular weight excluding hydrogens is 230 g/mol. The Morgan fingerprint density at radius 2 is 2.28 bits per heavy atom. The van der Waals surface area contributed by atoms with Crippen molar-refractivity contribution in [2.75, 3.05) is 6.61 Å². The quantitative estimate of drug-likeness (QED) is 0.611. The van der Waals surface area contributed by atoms with Crippen LogP contribution in [-0.2, 0) is 16.6 Å². The lowest BCUT2D eigenvalue weighted by molar-refractivity contribution is -0.137. The third-order valence-electron chi connectivity index (χ3n) is 2.76. The summed E-state index contributed by atoms with van der Waals surface area (Å²) in [5.74, 6) is -0.337. The fraction of sp³-hybridized carbons (Fsp3) is 0.308. The molecule has 0 saturated carbocycles. The Kier molecular flexibility index (Phi) is 3.41. The summed E-state index contributed by atoms with van der Waals surface area (Å²) in [4.78, 5) is 11.3. The van der Waals surface area contributed by atoms with E-state index in [1.165, 1.54) is 6.08 Å². The summed E-state index contributed by atoms with van der Waals surface area (Å²) in [6.07, 6.45) is 3.16. The van der Waals surface area contributed by atoms with Gasteiger partial charge in [-0.2, -0.15) is 0 Å². The minimum absolute atomic E-state index is 0.337. The molecule has 18 heavy (non-hydrogen) atoms. The molecule has 0 fully saturated rings. The standard InChI is InChI=1S/C13H15N3O2/c1-4-18-12(17)8-6-10-5-7-11-13(9(10)2)14-15-16(11)3/h5-8H,4H2,1-3H3/b8-6+. The Hall–Kier alpha value is -2.17. The Labute approximate surface area is 105 Å². The zero-order valence-electron chi connectivity index (χ0n) is 10.7. The van der Waals surface area contributed by atoms with Gasteiger partial charge in [0.05, 0.1) is 12.1 Å². The number of rotatable bonds is 3. The smallest absolute Gasteiger partial charge is 0.330 e. The molecule has 2 aromatic rings. The van der Waals surface area contributed by atoms with Gasteiger partial charge >= 0.3 is 5.97 Å². The molecule has 0 N–H and O–H groups in total. The lowest BCUT2D eigenvalue weighted by Crippen LogP contribution is -1.98. The summed E-state index contributed by atoms with van der Waals surface area (Å²) < 4.78 is 6.56. The van der Waals surface area contributed by atoms with Crippen molar-refractivity contribution in [2.45, 2.75) is 13.8 Å². The molecule has 0 aliphatic carbocycles. The second kappa shape index (κ2) is 5.00. The maximum atomic E-state index is 11.3. The maximum absolute atomic E-state index is 11.3. The highest BCUT2D eigenvalue weighted by Gasteiger charge is 2.07. The number of carbonyl (C=O) groups excluding carboxylic acids is 1. The summed E-state index contributed by atoms with van der Waals surface area (Å²) in [5, 5.41) is 8.08. The van der Waals surface area contributed by atoms with Crippen molar-refractivity contribution in [2.24, 2.45) is 7.05 Å². The summed E-state index contributed by atoms with van der Waals surface area (Å²) in [5.41, 5.74) is 3.77. The van der Waals surface area contributed by atoms with E-state index >= 15 is 0 Å². The molecule has 0 aliphatic heterocycles. The first-order chi connectivity index (χ1) is 8.63. The molecule has 1 aromatic heterocycles. The summed E-state index contributed by atoms with van der Waals surface area (Å²) in [6.45, 7) is 4.12. The van der Waals surface area contributed by atoms with Crippen LogP contribution >= 0.6 is 0 Å². The first-order valence-electron chi connectivity index (χ1n) is 5.77. The Balaban J connectivity index is 2.35. The predicted molar refractivity (Wildman–Crippen MR) is 68.9 cm³/mol. The number of aryl methyl sites for hydroxylation is 2. The van der Waals surface area contributed by atoms with E-state index < -0.39 is 0 Å². The van der Waals surface area contributed by atoms with Crippen LogP contribution in [0.1, 0.15) is 18.1 Å². The SMILES string of the molecule is CCOC(=O)/C=C/c1ccc2c(nnn2C)c1C. The van der Waals surface area contributed by atoms with Gasteiger partial charge in [0.1, 0.15) is 5.52 Å². The van der Waals surface area contributed by atoms with Crippen LogP contribution < -0.4 is 0 Å². The number of benzene rings is 1. The van der Waals surface area contributed by atoms with Gasteiger partial charge in [0.15, 0.2) is 0 Å². The van der Waals surface area contributed by atoms with E-state index in [2.05, 4.69) is 10.3 Å². The largest absolute Gasteiger partial charge is 0.463 e. The molecule has 0 bridgehead atoms. The molecule has 2 rings (SSSR count). The van der Waals surface area contributed by atoms with Crippen molar-refractivity contribution < 1.29 is 9.53 Å². The van der Waals surface area contributed by atoms with Gasteiger partial charge in [-0.1, -0.05) is 11.3 Å². The van der Waals surface area contributed by atoms with Crippen LogP contribution in [0, 0.1) is 6.92 Å². The van der Waals surface area contributed by atoms with E-state index in [0.717, 1.165) is 22.2 Å². The Bertz CT molecular complexity index is 614. The van der Waals surface area contributed by atoms with Gasteiger partial charge in [-0.25, -0.2) is 9.48 Å². The molecule has 1 heterocycles. The van der Waals surface area contributed by atoms with Crippen LogP contribution in [0.2, 0.25) is 0 Å². The van der Waals surface area contributed by atoms with Crippen LogP contribution in [0.25, 0.3) is 17.1 Å². The molecule has 94 valence electrons. The molecule has 0 aliphatic rings. The first kappa shape index (κ1) is 12.3. The van der Waals surface area contributed by atoms with E-state index in [4.69, 9.17) is 4.74 Å². The van der Waals surface area contributed by atoms with Gasteiger partial charge in [0.25, 0.3) is 0 Å². The second-order valence-electron chi connectivity index (χ2n) is 3.95. The van der Waals surface area contributed by atoms with Gasteiger partial charge in [-0.05, 0) is 37.1 Å². The minimum atomic E-state index is -0.337. The van der Waals surface area contributed by atoms with Crippen molar-refractivity contribution in [3.05, 3.63) is 29.3 Å². The molecule has 0 amide bonds. The minimum Gasteiger partial charge on any atom is -0.463 e. The molecular formula is C13H15N3O2. The van der Waals surface area contributed by atoms with Crippen LogP contribution in [0.15, 0.2) is 18.2 Å². The van der Waals surface area contributed by atoms with E-state index in [1.807, 2.05) is 26.1 Å². The van der Waals surface area contributed by atoms with E-state index in [1.54, 1.807) is 17.7 Å². The number of fused-ring (bicyclic) bond motifs is 1. The number of esters is 1. The number of carbonyl (C=O) groups is 1. The normalized spacial score (nSPS) is 11.3. The monoisotopic (exact) mass is 245 g/mol. The van der Waals surface area contributed by atoms with Crippen molar-refractivity contribution >= 4 is 23.1 Å². The van der Waals surface area contributed by atoms with Crippen LogP contribution in [0.4, 0.5) is 0 Å². The van der Waals surface area contributed by atoms with Crippen molar-refractivity contribution in [3.63, 3.8) is 0 Å². The molecule has 0 unspecified atom stereocenters. The first-order valence-corrected chi connectivity index (χ1v) is 5.77. The van der Waals surface area contributed by atoms with E-state index in [0.29, 0.717) is 6.61 Å². The topological polar surface area (TPSA) is 57.0 Å². The predicted octanol–water partition coefficient (Wildman–Crippen LogP) is 1.85. The summed E-state index contributed by atoms with van der Waals surface area (Å²) in [7, 11) is 1.85. The van der Waals surface area contributed by atoms with Gasteiger partial charge in [-0.3, -0.25) is 0 Å². The number of hydrogen-bond acceptors (Lipinski definition) is 4. The zero-order chi connectivity index (χ0) is 13.1. The van der Waals surface area contributed by atoms with E-state index in [9.17, 15) is 4.79 Å². The lowest BCUT2D eigenvalue weighted by Gasteiger charge is -2.01. The molecule has 5 heteroatoms. The van der Waals surface area contributed by atoms with Crippen LogP contribution in [0.3, 0.4) is 0 Å². The third kappa shape index (κ3) is 2.25. The number of nitrogens with zero attached hydrogens (tertiary/aromatic N) is 3. The number of aromatic nitrogens is 3. The fourth-order valence-corrected chi connectivity index (χ4v) is 1.78. The van der Waals surface area contributed by atoms with Crippen molar-refractivity contribution in [3.8, 4) is 0 Å². The second-order valence-corrected chi connectivity index (χ2v) is 3.95. The van der Waals surface area contributed by atoms with Crippen molar-refractivity contribution in [1.29, 1.82) is 0 Å². The molecule has 1 aromatic carbocycles. The van der Waals surface area contributed by atoms with Crippen molar-refractivity contribution in [1.82, 2.24) is 15.0 Å². The van der Waals surface area contributed by atoms with Gasteiger partial charge < -0.3 is 4.74 Å². The average molecular weight is 245 g/mol. The Morgan fingerprint density at radius 3 is 3.00 bits per heavy atom. The molecule has 5 nitrogen and oxygen atoms in total. The highest BCUT2D eigenvalue weighted by molar-refractivity contribution is 5.89. The van der Waals surface area contributed by atoms with Gasteiger partial charge in [0.2, 0.25) is 0 Å². The fourth-order valence-electron chi connectivity index (χ4n) is 1.78. The summed E-state index contributed by atoms with van der Waals surface area (Å²) >= 11 is 0. The highest BCUT2D eigenvalue weighted by Crippen LogP contribution is 2.20. The van der Waals surface area contributed by atoms with E-state index in [-0.39, 0.29) is 5.97 Å². The zero-order valence-corrected chi connectivity index (χ0v) is 10.7. The van der Waals surface area contributed by atoms with Gasteiger partial charge in [0, 0.05) is 13.1 Å². The van der Waals surface area contributed by atoms with Crippen LogP contribution in [-0.4, -0.2) is 27.6 Å². The molecule has 0 atom stereocenters. The molecule has 0 spiro atoms. The van der Waals surface area contributed by atoms with Crippen LogP contribution in [0.5, 0.6) is 0 Å². The summed E-state index contributed by atoms with van der Waals surface area (Å²) in [6, 6.07) is 3.88. The van der Waals surface area contributed by atoms with Gasteiger partial charge in [-0.15, -0.1) is 5.10 Å². The lowest BCUT2D eigenvalue weighted by atomic mass is 10.1.